The molecule has 0 heterocycles. The van der Waals surface area contributed by atoms with E-state index in [1.807, 2.05) is 7.05 Å². The fourth-order valence-electron chi connectivity index (χ4n) is 1.80. The number of alkyl halides is 1. The van der Waals surface area contributed by atoms with Crippen molar-refractivity contribution in [2.75, 3.05) is 35.2 Å². The van der Waals surface area contributed by atoms with Crippen molar-refractivity contribution in [1.29, 1.82) is 0 Å². The summed E-state index contributed by atoms with van der Waals surface area (Å²) in [6.45, 7) is 2.40. The Hall–Kier alpha value is 0.758. The summed E-state index contributed by atoms with van der Waals surface area (Å²) in [7, 11) is 8.81. The van der Waals surface area contributed by atoms with E-state index >= 15 is 0 Å². The quantitative estimate of drug-likeness (QED) is 0.534. The second kappa shape index (κ2) is 21.1. The Morgan fingerprint density at radius 2 is 1.47 bits per heavy atom. The van der Waals surface area contributed by atoms with Crippen molar-refractivity contribution >= 4 is 6.85 Å². The van der Waals surface area contributed by atoms with Gasteiger partial charge in [0.05, 0.1) is 0 Å². The van der Waals surface area contributed by atoms with Crippen LogP contribution in [-0.4, -0.2) is 48.3 Å². The van der Waals surface area contributed by atoms with Crippen molar-refractivity contribution in [1.82, 2.24) is 0 Å². The van der Waals surface area contributed by atoms with E-state index in [4.69, 9.17) is 0 Å². The van der Waals surface area contributed by atoms with Gasteiger partial charge in [-0.3, -0.25) is 0 Å². The van der Waals surface area contributed by atoms with Crippen molar-refractivity contribution in [3.05, 3.63) is 23.3 Å². The normalized spacial score (nSPS) is 19.7. The zero-order valence-electron chi connectivity index (χ0n) is 13.8. The maximum Gasteiger partial charge on any atom is 4.00 e. The predicted molar refractivity (Wildman–Crippen MR) is 84.8 cm³/mol. The summed E-state index contributed by atoms with van der Waals surface area (Å²) in [5.74, 6) is 0.300. The molecule has 6 heteroatoms. The summed E-state index contributed by atoms with van der Waals surface area (Å²) in [6.07, 6.45) is 3.32. The first kappa shape index (κ1) is 28.0. The molecule has 1 saturated carbocycles. The smallest absolute Gasteiger partial charge is 0.689 e. The van der Waals surface area contributed by atoms with Crippen LogP contribution in [0.1, 0.15) is 19.3 Å². The molecule has 0 aliphatic heterocycles. The summed E-state index contributed by atoms with van der Waals surface area (Å²) in [6, 6.07) is 0. The van der Waals surface area contributed by atoms with Gasteiger partial charge in [0, 0.05) is 6.85 Å². The van der Waals surface area contributed by atoms with Gasteiger partial charge in [-0.1, -0.05) is 12.7 Å². The Morgan fingerprint density at radius 3 is 1.74 bits per heavy atom. The van der Waals surface area contributed by atoms with Gasteiger partial charge in [-0.2, -0.15) is 35.2 Å². The molecule has 2 atom stereocenters. The third kappa shape index (κ3) is 18.8. The minimum absolute atomic E-state index is 0. The fraction of sp³-hybridized carbons (Fsp3) is 0.923. The Kier molecular flexibility index (Phi) is 31.0. The maximum absolute atomic E-state index is 13.0. The first-order chi connectivity index (χ1) is 8.06. The van der Waals surface area contributed by atoms with Gasteiger partial charge in [0.15, 0.2) is 0 Å². The van der Waals surface area contributed by atoms with Gasteiger partial charge in [0.1, 0.15) is 6.17 Å². The summed E-state index contributed by atoms with van der Waals surface area (Å²) >= 11 is 0. The molecule has 0 amide bonds. The monoisotopic (exact) mass is 349 g/mol. The van der Waals surface area contributed by atoms with Gasteiger partial charge in [-0.15, -0.1) is 6.82 Å². The van der Waals surface area contributed by atoms with Crippen molar-refractivity contribution < 1.29 is 30.6 Å². The van der Waals surface area contributed by atoms with Crippen molar-refractivity contribution in [3.63, 3.8) is 0 Å². The molecule has 1 rings (SSSR count). The Balaban J connectivity index is -0.000000122. The average Bonchev–Trinajstić information content (AvgIpc) is 2.66. The second-order valence-corrected chi connectivity index (χ2v) is 4.44. The van der Waals surface area contributed by atoms with Crippen LogP contribution in [0.2, 0.25) is 13.1 Å². The van der Waals surface area contributed by atoms with E-state index < -0.39 is 6.17 Å². The van der Waals surface area contributed by atoms with Crippen LogP contribution < -0.4 is 0 Å². The predicted octanol–water partition coefficient (Wildman–Crippen LogP) is 4.44. The molecule has 19 heavy (non-hydrogen) atoms. The van der Waals surface area contributed by atoms with Crippen molar-refractivity contribution in [2.45, 2.75) is 38.6 Å². The topological polar surface area (TPSA) is 42.3 Å². The van der Waals surface area contributed by atoms with Crippen LogP contribution in [0.15, 0.2) is 0 Å². The zero-order chi connectivity index (χ0) is 13.7. The minimum Gasteiger partial charge on any atom is -0.689 e. The van der Waals surface area contributed by atoms with E-state index in [1.54, 1.807) is 28.2 Å². The van der Waals surface area contributed by atoms with Crippen LogP contribution in [0.25, 0.3) is 15.9 Å². The Morgan fingerprint density at radius 1 is 1.05 bits per heavy atom. The SMILES string of the molecule is C[N-]B(C)C[C@@H]1CCCC1F.C[N-]C.C[N-]C.[CH3-].[Zr+4]. The molecule has 0 aromatic heterocycles. The van der Waals surface area contributed by atoms with Gasteiger partial charge in [0.25, 0.3) is 0 Å². The number of hydrogen-bond donors (Lipinski definition) is 0. The molecule has 0 saturated heterocycles. The van der Waals surface area contributed by atoms with Gasteiger partial charge in [0.2, 0.25) is 0 Å². The van der Waals surface area contributed by atoms with E-state index in [-0.39, 0.29) is 33.6 Å². The zero-order valence-corrected chi connectivity index (χ0v) is 16.2. The number of rotatable bonds is 3. The molecule has 1 aliphatic rings. The molecule has 1 fully saturated rings. The van der Waals surface area contributed by atoms with Crippen LogP contribution in [0.5, 0.6) is 0 Å². The second-order valence-electron chi connectivity index (χ2n) is 4.44. The van der Waals surface area contributed by atoms with E-state index in [0.717, 1.165) is 25.6 Å². The average molecular weight is 350 g/mol. The molecule has 1 unspecified atom stereocenters. The number of nitrogens with zero attached hydrogens (tertiary/aromatic N) is 3. The maximum atomic E-state index is 13.0. The van der Waals surface area contributed by atoms with Crippen LogP contribution in [0.4, 0.5) is 4.39 Å². The molecule has 0 N–H and O–H groups in total. The molecule has 0 aromatic carbocycles. The van der Waals surface area contributed by atoms with Gasteiger partial charge < -0.3 is 23.3 Å². The van der Waals surface area contributed by atoms with Gasteiger partial charge in [-0.25, -0.2) is 4.39 Å². The molecule has 112 valence electrons. The summed E-state index contributed by atoms with van der Waals surface area (Å²) < 4.78 is 13.0. The summed E-state index contributed by atoms with van der Waals surface area (Å²) in [5, 5.41) is 11.1. The van der Waals surface area contributed by atoms with Crippen LogP contribution in [0, 0.1) is 13.3 Å². The van der Waals surface area contributed by atoms with Gasteiger partial charge >= 0.3 is 26.2 Å². The third-order valence-electron chi connectivity index (χ3n) is 2.65. The minimum atomic E-state index is -0.542. The molecule has 0 spiro atoms. The molecule has 3 nitrogen and oxygen atoms in total. The molecule has 0 aromatic rings. The molecule has 0 bridgehead atoms. The fourth-order valence-corrected chi connectivity index (χ4v) is 1.80. The van der Waals surface area contributed by atoms with Crippen LogP contribution in [-0.2, 0) is 26.2 Å². The third-order valence-corrected chi connectivity index (χ3v) is 2.65. The Bertz CT molecular complexity index is 154. The van der Waals surface area contributed by atoms with Crippen molar-refractivity contribution in [3.8, 4) is 0 Å². The van der Waals surface area contributed by atoms with Crippen LogP contribution >= 0.6 is 0 Å². The molecular formula is C13H31BFN3Zr. The number of hydrogen-bond acceptors (Lipinski definition) is 0. The van der Waals surface area contributed by atoms with Gasteiger partial charge in [-0.05, 0) is 18.8 Å². The summed E-state index contributed by atoms with van der Waals surface area (Å²) in [5.41, 5.74) is 0. The Labute approximate surface area is 140 Å². The van der Waals surface area contributed by atoms with E-state index in [9.17, 15) is 4.39 Å². The first-order valence-corrected chi connectivity index (χ1v) is 6.26. The molecule has 0 radical (unpaired) electrons. The van der Waals surface area contributed by atoms with E-state index in [2.05, 4.69) is 22.7 Å². The first-order valence-electron chi connectivity index (χ1n) is 6.26. The van der Waals surface area contributed by atoms with Crippen molar-refractivity contribution in [2.24, 2.45) is 5.92 Å². The van der Waals surface area contributed by atoms with E-state index in [0.29, 0.717) is 12.8 Å². The molecule has 1 aliphatic carbocycles. The largest absolute Gasteiger partial charge is 4.00 e. The standard InChI is InChI=1S/C8H16BFN.2C2H6N.CH3.Zr/c1-9(11-2)6-7-4-3-5-8(7)10;2*1-3-2;;/h7-8H,3-6H2,1-2H3;2*1-2H3;1H3;/q4*-1;+4/t7-,8?;;;;/m0..../s1. The van der Waals surface area contributed by atoms with E-state index in [1.165, 1.54) is 0 Å². The van der Waals surface area contributed by atoms with Crippen LogP contribution in [0.3, 0.4) is 0 Å². The summed E-state index contributed by atoms with van der Waals surface area (Å²) in [4.78, 5) is 0. The molecular weight excluding hydrogens is 319 g/mol. The number of halogens is 1.